The quantitative estimate of drug-likeness (QED) is 0.421. The fourth-order valence-corrected chi connectivity index (χ4v) is 1.49. The highest BCUT2D eigenvalue weighted by Gasteiger charge is 2.08. The molecular formula is C14H15ClN4O2. The lowest BCUT2D eigenvalue weighted by atomic mass is 10.2. The maximum absolute atomic E-state index is 11.9. The summed E-state index contributed by atoms with van der Waals surface area (Å²) in [6.45, 7) is 2.23. The van der Waals surface area contributed by atoms with Crippen LogP contribution < -0.4 is 16.0 Å². The van der Waals surface area contributed by atoms with Crippen LogP contribution in [0.2, 0.25) is 5.02 Å². The largest absolute Gasteiger partial charge is 0.388 e. The summed E-state index contributed by atoms with van der Waals surface area (Å²) >= 11 is 5.74. The third kappa shape index (κ3) is 6.45. The van der Waals surface area contributed by atoms with Gasteiger partial charge in [0.25, 0.3) is 5.91 Å². The third-order valence-corrected chi connectivity index (χ3v) is 2.61. The maximum Gasteiger partial charge on any atom is 0.267 e. The first-order chi connectivity index (χ1) is 10.0. The number of anilines is 1. The molecule has 0 unspecified atom stereocenters. The average molecular weight is 307 g/mol. The van der Waals surface area contributed by atoms with E-state index in [1.165, 1.54) is 13.1 Å². The number of carbonyl (C=O) groups excluding carboxylic acids is 2. The molecule has 1 aromatic carbocycles. The van der Waals surface area contributed by atoms with Crippen molar-refractivity contribution in [2.24, 2.45) is 0 Å². The van der Waals surface area contributed by atoms with Gasteiger partial charge >= 0.3 is 0 Å². The zero-order chi connectivity index (χ0) is 15.7. The van der Waals surface area contributed by atoms with Crippen molar-refractivity contribution in [1.29, 1.82) is 5.26 Å². The monoisotopic (exact) mass is 306 g/mol. The molecule has 0 saturated heterocycles. The molecule has 0 aliphatic carbocycles. The first-order valence-corrected chi connectivity index (χ1v) is 6.55. The van der Waals surface area contributed by atoms with E-state index in [-0.39, 0.29) is 11.5 Å². The van der Waals surface area contributed by atoms with Gasteiger partial charge in [-0.15, -0.1) is 0 Å². The van der Waals surface area contributed by atoms with E-state index in [1.807, 2.05) is 0 Å². The second-order valence-electron chi connectivity index (χ2n) is 4.07. The highest BCUT2D eigenvalue weighted by Crippen LogP contribution is 2.13. The van der Waals surface area contributed by atoms with Crippen molar-refractivity contribution in [2.45, 2.75) is 6.92 Å². The summed E-state index contributed by atoms with van der Waals surface area (Å²) in [6, 6.07) is 8.36. The zero-order valence-electron chi connectivity index (χ0n) is 11.4. The molecule has 0 fully saturated rings. The molecule has 0 aromatic heterocycles. The number of hydrogen-bond donors (Lipinski definition) is 3. The van der Waals surface area contributed by atoms with Gasteiger partial charge in [-0.2, -0.15) is 5.26 Å². The van der Waals surface area contributed by atoms with Gasteiger partial charge in [0.2, 0.25) is 5.91 Å². The topological polar surface area (TPSA) is 94.0 Å². The van der Waals surface area contributed by atoms with Gasteiger partial charge in [0.05, 0.1) is 0 Å². The van der Waals surface area contributed by atoms with Gasteiger partial charge in [-0.3, -0.25) is 9.59 Å². The highest BCUT2D eigenvalue weighted by atomic mass is 35.5. The lowest BCUT2D eigenvalue weighted by Crippen LogP contribution is -2.28. The molecule has 110 valence electrons. The zero-order valence-corrected chi connectivity index (χ0v) is 12.2. The molecule has 0 radical (unpaired) electrons. The fourth-order valence-electron chi connectivity index (χ4n) is 1.37. The molecule has 7 heteroatoms. The van der Waals surface area contributed by atoms with Crippen molar-refractivity contribution in [3.8, 4) is 6.07 Å². The molecule has 1 aromatic rings. The van der Waals surface area contributed by atoms with Crippen molar-refractivity contribution in [1.82, 2.24) is 10.6 Å². The third-order valence-electron chi connectivity index (χ3n) is 2.36. The van der Waals surface area contributed by atoms with Crippen LogP contribution in [-0.2, 0) is 9.59 Å². The average Bonchev–Trinajstić information content (AvgIpc) is 2.45. The summed E-state index contributed by atoms with van der Waals surface area (Å²) in [5.41, 5.74) is 0.483. The Kier molecular flexibility index (Phi) is 6.78. The molecular weight excluding hydrogens is 292 g/mol. The number of halogens is 1. The van der Waals surface area contributed by atoms with Crippen LogP contribution >= 0.6 is 11.6 Å². The SMILES string of the molecule is CC(=O)NCCN/C=C(/C#N)C(=O)Nc1ccc(Cl)cc1. The van der Waals surface area contributed by atoms with Crippen LogP contribution in [0.25, 0.3) is 0 Å². The van der Waals surface area contributed by atoms with Crippen LogP contribution in [0.1, 0.15) is 6.92 Å². The van der Waals surface area contributed by atoms with Gasteiger partial charge in [-0.25, -0.2) is 0 Å². The van der Waals surface area contributed by atoms with Crippen LogP contribution in [-0.4, -0.2) is 24.9 Å². The normalized spacial score (nSPS) is 10.4. The van der Waals surface area contributed by atoms with Gasteiger partial charge in [-0.05, 0) is 24.3 Å². The van der Waals surface area contributed by atoms with E-state index < -0.39 is 5.91 Å². The summed E-state index contributed by atoms with van der Waals surface area (Å²) in [5.74, 6) is -0.659. The first kappa shape index (κ1) is 16.5. The summed E-state index contributed by atoms with van der Waals surface area (Å²) in [4.78, 5) is 22.5. The standard InChI is InChI=1S/C14H15ClN4O2/c1-10(20)18-7-6-17-9-11(8-16)14(21)19-13-4-2-12(15)3-5-13/h2-5,9,17H,6-7H2,1H3,(H,18,20)(H,19,21)/b11-9-. The Morgan fingerprint density at radius 2 is 1.95 bits per heavy atom. The van der Waals surface area contributed by atoms with E-state index in [0.29, 0.717) is 23.8 Å². The van der Waals surface area contributed by atoms with Crippen LogP contribution in [0.4, 0.5) is 5.69 Å². The van der Waals surface area contributed by atoms with Gasteiger partial charge in [-0.1, -0.05) is 11.6 Å². The predicted molar refractivity (Wildman–Crippen MR) is 80.5 cm³/mol. The maximum atomic E-state index is 11.9. The first-order valence-electron chi connectivity index (χ1n) is 6.18. The summed E-state index contributed by atoms with van der Waals surface area (Å²) in [6.07, 6.45) is 1.31. The van der Waals surface area contributed by atoms with Crippen LogP contribution in [0.3, 0.4) is 0 Å². The number of hydrogen-bond acceptors (Lipinski definition) is 4. The second-order valence-corrected chi connectivity index (χ2v) is 4.50. The van der Waals surface area contributed by atoms with E-state index in [2.05, 4.69) is 16.0 Å². The lowest BCUT2D eigenvalue weighted by molar-refractivity contribution is -0.119. The Morgan fingerprint density at radius 3 is 2.52 bits per heavy atom. The Bertz CT molecular complexity index is 576. The smallest absolute Gasteiger partial charge is 0.267 e. The van der Waals surface area contributed by atoms with Gasteiger partial charge < -0.3 is 16.0 Å². The van der Waals surface area contributed by atoms with E-state index in [1.54, 1.807) is 30.3 Å². The summed E-state index contributed by atoms with van der Waals surface area (Å²) in [5, 5.41) is 17.5. The van der Waals surface area contributed by atoms with Crippen molar-refractivity contribution >= 4 is 29.1 Å². The Hall–Kier alpha value is -2.52. The van der Waals surface area contributed by atoms with E-state index in [0.717, 1.165) is 0 Å². The molecule has 0 bridgehead atoms. The number of nitriles is 1. The number of benzene rings is 1. The Labute approximate surface area is 127 Å². The van der Waals surface area contributed by atoms with E-state index >= 15 is 0 Å². The molecule has 6 nitrogen and oxygen atoms in total. The Morgan fingerprint density at radius 1 is 1.29 bits per heavy atom. The second kappa shape index (κ2) is 8.61. The molecule has 21 heavy (non-hydrogen) atoms. The minimum absolute atomic E-state index is 0.0622. The number of nitrogens with one attached hydrogen (secondary N) is 3. The molecule has 0 aliphatic heterocycles. The van der Waals surface area contributed by atoms with Crippen LogP contribution in [0, 0.1) is 11.3 Å². The minimum Gasteiger partial charge on any atom is -0.388 e. The molecule has 0 atom stereocenters. The summed E-state index contributed by atoms with van der Waals surface area (Å²) < 4.78 is 0. The van der Waals surface area contributed by atoms with Gasteiger partial charge in [0, 0.05) is 36.9 Å². The van der Waals surface area contributed by atoms with Crippen molar-refractivity contribution in [2.75, 3.05) is 18.4 Å². The molecule has 0 heterocycles. The molecule has 2 amide bonds. The lowest BCUT2D eigenvalue weighted by Gasteiger charge is -2.05. The van der Waals surface area contributed by atoms with Crippen molar-refractivity contribution in [3.05, 3.63) is 41.1 Å². The van der Waals surface area contributed by atoms with Gasteiger partial charge in [0.15, 0.2) is 0 Å². The molecule has 3 N–H and O–H groups in total. The Balaban J connectivity index is 2.51. The van der Waals surface area contributed by atoms with Crippen LogP contribution in [0.5, 0.6) is 0 Å². The van der Waals surface area contributed by atoms with Gasteiger partial charge in [0.1, 0.15) is 11.6 Å². The van der Waals surface area contributed by atoms with E-state index in [9.17, 15) is 9.59 Å². The number of nitrogens with zero attached hydrogens (tertiary/aromatic N) is 1. The highest BCUT2D eigenvalue weighted by molar-refractivity contribution is 6.30. The predicted octanol–water partition coefficient (Wildman–Crippen LogP) is 1.41. The number of carbonyl (C=O) groups is 2. The summed E-state index contributed by atoms with van der Waals surface area (Å²) in [7, 11) is 0. The fraction of sp³-hybridized carbons (Fsp3) is 0.214. The van der Waals surface area contributed by atoms with Crippen molar-refractivity contribution < 1.29 is 9.59 Å². The minimum atomic E-state index is -0.521. The number of amides is 2. The van der Waals surface area contributed by atoms with Crippen LogP contribution in [0.15, 0.2) is 36.0 Å². The molecule has 1 rings (SSSR count). The molecule has 0 saturated carbocycles. The molecule has 0 spiro atoms. The molecule has 0 aliphatic rings. The number of rotatable bonds is 6. The van der Waals surface area contributed by atoms with E-state index in [4.69, 9.17) is 16.9 Å². The van der Waals surface area contributed by atoms with Crippen molar-refractivity contribution in [3.63, 3.8) is 0 Å².